The molecule has 0 saturated heterocycles. The summed E-state index contributed by atoms with van der Waals surface area (Å²) in [6.07, 6.45) is 3.27. The highest BCUT2D eigenvalue weighted by atomic mass is 19.1. The molecule has 0 fully saturated rings. The van der Waals surface area contributed by atoms with Crippen LogP contribution >= 0.6 is 0 Å². The number of hydrogen-bond donors (Lipinski definition) is 3. The van der Waals surface area contributed by atoms with Gasteiger partial charge in [-0.1, -0.05) is 0 Å². The number of alkyl carbamates (subject to hydrolysis) is 1. The molecule has 0 radical (unpaired) electrons. The van der Waals surface area contributed by atoms with E-state index in [0.29, 0.717) is 43.9 Å². The number of nitrogens with zero attached hydrogens (tertiary/aromatic N) is 2. The van der Waals surface area contributed by atoms with Crippen molar-refractivity contribution in [2.75, 3.05) is 19.7 Å². The van der Waals surface area contributed by atoms with E-state index in [1.807, 2.05) is 27.0 Å². The number of amides is 1. The Balaban J connectivity index is 1.52. The number of rotatable bonds is 7. The van der Waals surface area contributed by atoms with Crippen LogP contribution in [0.4, 0.5) is 9.18 Å². The van der Waals surface area contributed by atoms with Crippen molar-refractivity contribution in [2.24, 2.45) is 4.99 Å². The van der Waals surface area contributed by atoms with Crippen molar-refractivity contribution in [1.82, 2.24) is 21.1 Å². The minimum atomic E-state index is -0.570. The van der Waals surface area contributed by atoms with Crippen LogP contribution < -0.4 is 16.1 Å². The van der Waals surface area contributed by atoms with Gasteiger partial charge in [-0.25, -0.2) is 19.0 Å². The highest BCUT2D eigenvalue weighted by molar-refractivity contribution is 6.01. The lowest BCUT2D eigenvalue weighted by Gasteiger charge is -2.27. The second kappa shape index (κ2) is 10.4. The molecule has 0 bridgehead atoms. The Morgan fingerprint density at radius 1 is 1.17 bits per heavy atom. The summed E-state index contributed by atoms with van der Waals surface area (Å²) in [6, 6.07) is 6.12. The molecule has 3 aliphatic rings. The molecular formula is C26H32FN5O4. The van der Waals surface area contributed by atoms with Gasteiger partial charge in [-0.05, 0) is 76.8 Å². The average molecular weight is 498 g/mol. The van der Waals surface area contributed by atoms with E-state index >= 15 is 0 Å². The van der Waals surface area contributed by atoms with Gasteiger partial charge in [0, 0.05) is 30.4 Å². The summed E-state index contributed by atoms with van der Waals surface area (Å²) < 4.78 is 24.0. The molecule has 1 aromatic rings. The van der Waals surface area contributed by atoms with Crippen molar-refractivity contribution in [3.8, 4) is 0 Å². The fourth-order valence-corrected chi connectivity index (χ4v) is 4.20. The number of nitrogens with one attached hydrogen (secondary N) is 3. The van der Waals surface area contributed by atoms with Crippen LogP contribution in [0.2, 0.25) is 0 Å². The van der Waals surface area contributed by atoms with Gasteiger partial charge in [-0.15, -0.1) is 0 Å². The summed E-state index contributed by atoms with van der Waals surface area (Å²) >= 11 is 0. The molecule has 9 nitrogen and oxygen atoms in total. The Bertz CT molecular complexity index is 1160. The van der Waals surface area contributed by atoms with Gasteiger partial charge < -0.3 is 20.1 Å². The van der Waals surface area contributed by atoms with Crippen LogP contribution in [0.5, 0.6) is 0 Å². The molecule has 0 unspecified atom stereocenters. The third-order valence-electron chi connectivity index (χ3n) is 5.73. The fourth-order valence-electron chi connectivity index (χ4n) is 4.20. The van der Waals surface area contributed by atoms with Gasteiger partial charge in [0.1, 0.15) is 23.0 Å². The minimum Gasteiger partial charge on any atom is -0.461 e. The Hall–Kier alpha value is -3.82. The maximum Gasteiger partial charge on any atom is 0.407 e. The largest absolute Gasteiger partial charge is 0.461 e. The lowest BCUT2D eigenvalue weighted by Crippen LogP contribution is -2.39. The Kier molecular flexibility index (Phi) is 7.32. The average Bonchev–Trinajstić information content (AvgIpc) is 3.20. The summed E-state index contributed by atoms with van der Waals surface area (Å²) in [5.41, 5.74) is 7.54. The van der Waals surface area contributed by atoms with Crippen LogP contribution in [-0.4, -0.2) is 48.2 Å². The summed E-state index contributed by atoms with van der Waals surface area (Å²) in [7, 11) is 0. The Labute approximate surface area is 210 Å². The van der Waals surface area contributed by atoms with Gasteiger partial charge in [0.2, 0.25) is 0 Å². The van der Waals surface area contributed by atoms with Crippen molar-refractivity contribution in [3.05, 3.63) is 70.1 Å². The molecular weight excluding hydrogens is 465 g/mol. The zero-order valence-electron chi connectivity index (χ0n) is 21.0. The minimum absolute atomic E-state index is 0.264. The monoisotopic (exact) mass is 497 g/mol. The number of carbonyl (C=O) groups excluding carboxylic acids is 2. The van der Waals surface area contributed by atoms with Crippen LogP contribution in [0.1, 0.15) is 52.5 Å². The number of esters is 1. The van der Waals surface area contributed by atoms with Crippen LogP contribution in [0.25, 0.3) is 0 Å². The van der Waals surface area contributed by atoms with Crippen molar-refractivity contribution in [2.45, 2.75) is 52.6 Å². The predicted molar refractivity (Wildman–Crippen MR) is 133 cm³/mol. The molecule has 1 aliphatic carbocycles. The molecule has 2 heterocycles. The number of amidine groups is 1. The standard InChI is InChI=1S/C26H32FN5O4/c1-5-35-24(33)22-19-12-9-17-15-29-23(16-7-10-18(27)11-8-16)30-20(17)21(19)31-32(22)14-6-13-28-25(34)36-26(2,3)4/h7-8,10-11,15,31H,5-6,9,12-14H2,1-4H3,(H,28,34)(H,29,30). The summed E-state index contributed by atoms with van der Waals surface area (Å²) in [5.74, 6) is -0.113. The van der Waals surface area contributed by atoms with Crippen molar-refractivity contribution < 1.29 is 23.5 Å². The second-order valence-electron chi connectivity index (χ2n) is 9.61. The van der Waals surface area contributed by atoms with Crippen LogP contribution in [-0.2, 0) is 14.3 Å². The number of hydrazine groups is 1. The highest BCUT2D eigenvalue weighted by Gasteiger charge is 2.37. The normalized spacial score (nSPS) is 16.9. The number of aliphatic imine (C=N–C) groups is 1. The van der Waals surface area contributed by atoms with Crippen molar-refractivity contribution in [1.29, 1.82) is 0 Å². The summed E-state index contributed by atoms with van der Waals surface area (Å²) in [6.45, 7) is 8.31. The number of halogens is 1. The number of ether oxygens (including phenoxy) is 2. The molecule has 0 atom stereocenters. The molecule has 192 valence electrons. The van der Waals surface area contributed by atoms with Gasteiger partial charge in [0.25, 0.3) is 0 Å². The zero-order chi connectivity index (χ0) is 25.9. The van der Waals surface area contributed by atoms with Crippen molar-refractivity contribution >= 4 is 17.9 Å². The fraction of sp³-hybridized carbons (Fsp3) is 0.423. The van der Waals surface area contributed by atoms with E-state index in [1.165, 1.54) is 12.1 Å². The maximum atomic E-state index is 13.4. The van der Waals surface area contributed by atoms with Gasteiger partial charge in [-0.2, -0.15) is 0 Å². The number of allylic oxidation sites excluding steroid dienone is 2. The van der Waals surface area contributed by atoms with Gasteiger partial charge in [0.15, 0.2) is 0 Å². The first-order valence-corrected chi connectivity index (χ1v) is 12.1. The van der Waals surface area contributed by atoms with E-state index in [1.54, 1.807) is 24.1 Å². The smallest absolute Gasteiger partial charge is 0.407 e. The van der Waals surface area contributed by atoms with Gasteiger partial charge in [-0.3, -0.25) is 10.4 Å². The lowest BCUT2D eigenvalue weighted by atomic mass is 9.90. The second-order valence-corrected chi connectivity index (χ2v) is 9.61. The SMILES string of the molecule is CCOC(=O)C1=C2CCC3=CN=C(c4ccc(F)cc4)NC3=C2NN1CCCNC(=O)OC(C)(C)C. The molecule has 3 N–H and O–H groups in total. The van der Waals surface area contributed by atoms with Crippen LogP contribution in [0, 0.1) is 5.82 Å². The zero-order valence-corrected chi connectivity index (χ0v) is 21.0. The molecule has 0 aromatic heterocycles. The highest BCUT2D eigenvalue weighted by Crippen LogP contribution is 2.39. The first kappa shape index (κ1) is 25.3. The summed E-state index contributed by atoms with van der Waals surface area (Å²) in [5, 5.41) is 7.89. The molecule has 1 aromatic carbocycles. The van der Waals surface area contributed by atoms with Gasteiger partial charge >= 0.3 is 12.1 Å². The number of carbonyl (C=O) groups is 2. The summed E-state index contributed by atoms with van der Waals surface area (Å²) in [4.78, 5) is 29.4. The first-order valence-electron chi connectivity index (χ1n) is 12.1. The number of hydrogen-bond acceptors (Lipinski definition) is 8. The third-order valence-corrected chi connectivity index (χ3v) is 5.73. The van der Waals surface area contributed by atoms with E-state index in [2.05, 4.69) is 21.1 Å². The van der Waals surface area contributed by atoms with Gasteiger partial charge in [0.05, 0.1) is 18.0 Å². The Morgan fingerprint density at radius 3 is 2.61 bits per heavy atom. The molecule has 36 heavy (non-hydrogen) atoms. The van der Waals surface area contributed by atoms with Crippen LogP contribution in [0.3, 0.4) is 0 Å². The molecule has 0 spiro atoms. The molecule has 0 saturated carbocycles. The lowest BCUT2D eigenvalue weighted by molar-refractivity contribution is -0.140. The predicted octanol–water partition coefficient (Wildman–Crippen LogP) is 3.62. The van der Waals surface area contributed by atoms with E-state index in [0.717, 1.165) is 28.1 Å². The number of benzene rings is 1. The molecule has 10 heteroatoms. The number of fused-ring (bicyclic) bond motifs is 2. The third kappa shape index (κ3) is 5.69. The quantitative estimate of drug-likeness (QED) is 0.390. The van der Waals surface area contributed by atoms with Crippen LogP contribution in [0.15, 0.2) is 63.7 Å². The molecule has 4 rings (SSSR count). The Morgan fingerprint density at radius 2 is 1.92 bits per heavy atom. The van der Waals surface area contributed by atoms with E-state index in [9.17, 15) is 14.0 Å². The first-order chi connectivity index (χ1) is 17.2. The molecule has 1 amide bonds. The van der Waals surface area contributed by atoms with E-state index in [-0.39, 0.29) is 12.4 Å². The van der Waals surface area contributed by atoms with E-state index in [4.69, 9.17) is 9.47 Å². The van der Waals surface area contributed by atoms with Crippen molar-refractivity contribution in [3.63, 3.8) is 0 Å². The van der Waals surface area contributed by atoms with E-state index < -0.39 is 17.7 Å². The maximum absolute atomic E-state index is 13.4. The topological polar surface area (TPSA) is 104 Å². The molecule has 2 aliphatic heterocycles.